The Bertz CT molecular complexity index is 710. The van der Waals surface area contributed by atoms with Gasteiger partial charge in [-0.3, -0.25) is 4.90 Å². The molecule has 1 aliphatic heterocycles. The average molecular weight is 351 g/mol. The summed E-state index contributed by atoms with van der Waals surface area (Å²) in [5.74, 6) is 0.0490. The minimum atomic E-state index is -1.33. The Morgan fingerprint density at radius 1 is 1.27 bits per heavy atom. The number of anilines is 1. The van der Waals surface area contributed by atoms with Crippen molar-refractivity contribution in [2.75, 3.05) is 16.9 Å². The van der Waals surface area contributed by atoms with Crippen molar-refractivity contribution in [2.45, 2.75) is 10.6 Å². The summed E-state index contributed by atoms with van der Waals surface area (Å²) in [5.41, 5.74) is -0.0192. The number of thiocarbonyl (C=S) groups is 1. The van der Waals surface area contributed by atoms with Crippen LogP contribution in [0.5, 0.6) is 0 Å². The topological polar surface area (TPSA) is 23.5 Å². The van der Waals surface area contributed by atoms with Crippen molar-refractivity contribution in [3.05, 3.63) is 59.9 Å². The molecule has 22 heavy (non-hydrogen) atoms. The normalized spacial score (nSPS) is 21.4. The maximum absolute atomic E-state index is 14.1. The van der Waals surface area contributed by atoms with Gasteiger partial charge in [0.25, 0.3) is 0 Å². The fourth-order valence-electron chi connectivity index (χ4n) is 2.47. The first-order chi connectivity index (χ1) is 10.6. The summed E-state index contributed by atoms with van der Waals surface area (Å²) in [5, 5.41) is 11.2. The molecule has 0 aliphatic carbocycles. The average Bonchev–Trinajstić information content (AvgIpc) is 2.84. The number of para-hydroxylation sites is 1. The van der Waals surface area contributed by atoms with E-state index >= 15 is 0 Å². The molecule has 3 rings (SSSR count). The van der Waals surface area contributed by atoms with Gasteiger partial charge in [0.1, 0.15) is 10.1 Å². The molecule has 0 bridgehead atoms. The van der Waals surface area contributed by atoms with E-state index in [4.69, 9.17) is 12.2 Å². The van der Waals surface area contributed by atoms with E-state index in [9.17, 15) is 9.50 Å². The molecule has 1 fully saturated rings. The van der Waals surface area contributed by atoms with Gasteiger partial charge in [-0.05, 0) is 30.5 Å². The number of aliphatic hydroxyl groups is 1. The summed E-state index contributed by atoms with van der Waals surface area (Å²) in [6.07, 6.45) is 1.82. The maximum Gasteiger partial charge on any atom is 0.179 e. The van der Waals surface area contributed by atoms with Crippen molar-refractivity contribution < 1.29 is 9.50 Å². The Morgan fingerprint density at radius 3 is 2.64 bits per heavy atom. The molecular formula is C16H14FNOS3. The Labute approximate surface area is 142 Å². The number of nitrogens with zero attached hydrogens (tertiary/aromatic N) is 1. The van der Waals surface area contributed by atoms with Crippen molar-refractivity contribution in [1.29, 1.82) is 0 Å². The molecule has 1 atom stereocenters. The Kier molecular flexibility index (Phi) is 4.45. The van der Waals surface area contributed by atoms with Crippen LogP contribution in [0.15, 0.2) is 53.4 Å². The highest BCUT2D eigenvalue weighted by atomic mass is 32.2. The van der Waals surface area contributed by atoms with Crippen molar-refractivity contribution in [2.24, 2.45) is 0 Å². The minimum Gasteiger partial charge on any atom is -0.366 e. The number of hydrogen-bond donors (Lipinski definition) is 1. The zero-order valence-electron chi connectivity index (χ0n) is 11.8. The summed E-state index contributed by atoms with van der Waals surface area (Å²) in [7, 11) is 0. The van der Waals surface area contributed by atoms with Crippen LogP contribution in [0.4, 0.5) is 10.1 Å². The lowest BCUT2D eigenvalue weighted by molar-refractivity contribution is 0.0767. The van der Waals surface area contributed by atoms with Crippen LogP contribution >= 0.6 is 35.7 Å². The smallest absolute Gasteiger partial charge is 0.179 e. The van der Waals surface area contributed by atoms with Gasteiger partial charge in [-0.1, -0.05) is 48.2 Å². The lowest BCUT2D eigenvalue weighted by Crippen LogP contribution is -2.44. The summed E-state index contributed by atoms with van der Waals surface area (Å²) < 4.78 is 14.7. The highest BCUT2D eigenvalue weighted by molar-refractivity contribution is 8.23. The number of halogens is 1. The second-order valence-corrected chi connectivity index (χ2v) is 7.35. The van der Waals surface area contributed by atoms with Gasteiger partial charge in [-0.15, -0.1) is 11.8 Å². The molecule has 1 heterocycles. The number of thioether (sulfide) groups is 2. The lowest BCUT2D eigenvalue weighted by atomic mass is 10.0. The van der Waals surface area contributed by atoms with E-state index in [1.54, 1.807) is 17.0 Å². The first-order valence-corrected chi connectivity index (χ1v) is 9.26. The molecule has 0 aromatic heterocycles. The van der Waals surface area contributed by atoms with Gasteiger partial charge in [0.15, 0.2) is 5.72 Å². The Morgan fingerprint density at radius 2 is 2.00 bits per heavy atom. The number of benzene rings is 2. The van der Waals surface area contributed by atoms with Crippen LogP contribution in [0.25, 0.3) is 0 Å². The largest absolute Gasteiger partial charge is 0.366 e. The van der Waals surface area contributed by atoms with Crippen LogP contribution in [0, 0.1) is 5.82 Å². The van der Waals surface area contributed by atoms with E-state index in [0.717, 1.165) is 5.69 Å². The van der Waals surface area contributed by atoms with Crippen LogP contribution in [-0.4, -0.2) is 21.4 Å². The molecular weight excluding hydrogens is 337 g/mol. The van der Waals surface area contributed by atoms with Crippen LogP contribution in [0.2, 0.25) is 0 Å². The van der Waals surface area contributed by atoms with E-state index in [1.165, 1.54) is 29.6 Å². The van der Waals surface area contributed by atoms with Crippen molar-refractivity contribution in [1.82, 2.24) is 0 Å². The van der Waals surface area contributed by atoms with E-state index in [1.807, 2.05) is 36.6 Å². The van der Waals surface area contributed by atoms with Gasteiger partial charge in [0, 0.05) is 16.1 Å². The highest BCUT2D eigenvalue weighted by Gasteiger charge is 2.45. The predicted molar refractivity (Wildman–Crippen MR) is 96.1 cm³/mol. The van der Waals surface area contributed by atoms with Gasteiger partial charge in [0.05, 0.1) is 5.75 Å². The minimum absolute atomic E-state index is 0.325. The molecule has 0 amide bonds. The standard InChI is InChI=1S/C16H14FNOS3/c1-21-14-8-7-11(9-13(14)17)16(19)10-22-15(20)18(16)12-5-3-2-4-6-12/h2-9,19H,10H2,1H3. The van der Waals surface area contributed by atoms with E-state index in [0.29, 0.717) is 20.5 Å². The van der Waals surface area contributed by atoms with Gasteiger partial charge >= 0.3 is 0 Å². The lowest BCUT2D eigenvalue weighted by Gasteiger charge is -2.34. The molecule has 2 aromatic carbocycles. The number of rotatable bonds is 3. The Hall–Kier alpha value is -1.08. The van der Waals surface area contributed by atoms with Gasteiger partial charge in [-0.25, -0.2) is 4.39 Å². The zero-order chi connectivity index (χ0) is 15.7. The molecule has 2 nitrogen and oxygen atoms in total. The van der Waals surface area contributed by atoms with Crippen LogP contribution < -0.4 is 4.90 Å². The molecule has 1 N–H and O–H groups in total. The third-order valence-corrected chi connectivity index (χ3v) is 5.86. The fraction of sp³-hybridized carbons (Fsp3) is 0.188. The van der Waals surface area contributed by atoms with Gasteiger partial charge in [0.2, 0.25) is 0 Å². The van der Waals surface area contributed by atoms with Gasteiger partial charge in [-0.2, -0.15) is 0 Å². The molecule has 0 spiro atoms. The van der Waals surface area contributed by atoms with E-state index in [2.05, 4.69) is 0 Å². The molecule has 0 saturated carbocycles. The molecule has 1 unspecified atom stereocenters. The van der Waals surface area contributed by atoms with Crippen molar-refractivity contribution in [3.63, 3.8) is 0 Å². The zero-order valence-corrected chi connectivity index (χ0v) is 14.3. The predicted octanol–water partition coefficient (Wildman–Crippen LogP) is 4.23. The van der Waals surface area contributed by atoms with Crippen molar-refractivity contribution >= 4 is 45.7 Å². The van der Waals surface area contributed by atoms with E-state index < -0.39 is 5.72 Å². The van der Waals surface area contributed by atoms with Crippen molar-refractivity contribution in [3.8, 4) is 0 Å². The van der Waals surface area contributed by atoms with Crippen LogP contribution in [0.3, 0.4) is 0 Å². The monoisotopic (exact) mass is 351 g/mol. The quantitative estimate of drug-likeness (QED) is 0.659. The molecule has 1 saturated heterocycles. The molecule has 0 radical (unpaired) electrons. The van der Waals surface area contributed by atoms with E-state index in [-0.39, 0.29) is 5.82 Å². The summed E-state index contributed by atoms with van der Waals surface area (Å²) in [6, 6.07) is 14.3. The summed E-state index contributed by atoms with van der Waals surface area (Å²) in [4.78, 5) is 2.26. The first-order valence-electron chi connectivity index (χ1n) is 6.64. The second-order valence-electron chi connectivity index (χ2n) is 4.89. The van der Waals surface area contributed by atoms with Crippen LogP contribution in [0.1, 0.15) is 5.56 Å². The summed E-state index contributed by atoms with van der Waals surface area (Å²) in [6.45, 7) is 0. The molecule has 114 valence electrons. The third-order valence-electron chi connectivity index (χ3n) is 3.58. The first kappa shape index (κ1) is 15.8. The molecule has 6 heteroatoms. The third kappa shape index (κ3) is 2.65. The van der Waals surface area contributed by atoms with Gasteiger partial charge < -0.3 is 5.11 Å². The highest BCUT2D eigenvalue weighted by Crippen LogP contribution is 2.42. The maximum atomic E-state index is 14.1. The SMILES string of the molecule is CSc1ccc(C2(O)CSC(=S)N2c2ccccc2)cc1F. The fourth-order valence-corrected chi connectivity index (χ4v) is 4.36. The summed E-state index contributed by atoms with van der Waals surface area (Å²) >= 11 is 8.12. The Balaban J connectivity index is 2.07. The molecule has 2 aromatic rings. The second kappa shape index (κ2) is 6.20. The van der Waals surface area contributed by atoms with Crippen LogP contribution in [-0.2, 0) is 5.72 Å². The number of hydrogen-bond acceptors (Lipinski definition) is 4. The molecule has 1 aliphatic rings.